The average Bonchev–Trinajstić information content (AvgIpc) is 2.64. The van der Waals surface area contributed by atoms with Crippen molar-refractivity contribution in [3.8, 4) is 0 Å². The summed E-state index contributed by atoms with van der Waals surface area (Å²) in [5, 5.41) is 3.31. The van der Waals surface area contributed by atoms with Gasteiger partial charge in [-0.3, -0.25) is 4.79 Å². The van der Waals surface area contributed by atoms with Crippen molar-refractivity contribution in [2.24, 2.45) is 0 Å². The van der Waals surface area contributed by atoms with Crippen LogP contribution in [-0.4, -0.2) is 41.5 Å². The summed E-state index contributed by atoms with van der Waals surface area (Å²) in [6.07, 6.45) is 2.56. The third kappa shape index (κ3) is 4.33. The molecule has 1 aliphatic rings. The summed E-state index contributed by atoms with van der Waals surface area (Å²) in [5.41, 5.74) is 0. The summed E-state index contributed by atoms with van der Waals surface area (Å²) in [6, 6.07) is 0. The second-order valence-corrected chi connectivity index (χ2v) is 6.81. The van der Waals surface area contributed by atoms with E-state index in [1.54, 1.807) is 0 Å². The smallest absolute Gasteiger partial charge is 0.320 e. The van der Waals surface area contributed by atoms with Crippen molar-refractivity contribution in [2.75, 3.05) is 26.0 Å². The fraction of sp³-hybridized carbons (Fsp3) is 0.900. The number of alkyl halides is 1. The highest BCUT2D eigenvalue weighted by Crippen LogP contribution is 2.36. The van der Waals surface area contributed by atoms with Gasteiger partial charge in [0.1, 0.15) is 4.83 Å². The van der Waals surface area contributed by atoms with Gasteiger partial charge >= 0.3 is 5.97 Å². The molecule has 1 N–H and O–H groups in total. The van der Waals surface area contributed by atoms with Gasteiger partial charge in [-0.1, -0.05) is 15.9 Å². The lowest BCUT2D eigenvalue weighted by Gasteiger charge is -2.23. The lowest BCUT2D eigenvalue weighted by Crippen LogP contribution is -2.38. The molecule has 88 valence electrons. The van der Waals surface area contributed by atoms with Crippen LogP contribution < -0.4 is 5.32 Å². The number of carbonyl (C=O) groups excluding carboxylic acids is 1. The number of carbonyl (C=O) groups is 1. The molecule has 0 aliphatic carbocycles. The molecule has 0 bridgehead atoms. The van der Waals surface area contributed by atoms with Gasteiger partial charge in [0.05, 0.1) is 7.11 Å². The fourth-order valence-corrected chi connectivity index (χ4v) is 3.34. The van der Waals surface area contributed by atoms with Crippen molar-refractivity contribution in [2.45, 2.75) is 29.3 Å². The van der Waals surface area contributed by atoms with Crippen LogP contribution in [0.15, 0.2) is 0 Å². The number of hydrogen-bond acceptors (Lipinski definition) is 4. The average molecular weight is 296 g/mol. The third-order valence-corrected chi connectivity index (χ3v) is 4.82. The van der Waals surface area contributed by atoms with Crippen LogP contribution in [0.4, 0.5) is 0 Å². The van der Waals surface area contributed by atoms with Crippen molar-refractivity contribution in [3.63, 3.8) is 0 Å². The molecule has 0 spiro atoms. The zero-order chi connectivity index (χ0) is 11.3. The molecule has 5 heteroatoms. The Bertz CT molecular complexity index is 219. The first-order chi connectivity index (χ1) is 7.07. The Hall–Kier alpha value is 0.260. The van der Waals surface area contributed by atoms with Crippen LogP contribution in [0.25, 0.3) is 0 Å². The zero-order valence-electron chi connectivity index (χ0n) is 9.22. The van der Waals surface area contributed by atoms with Gasteiger partial charge in [-0.05, 0) is 25.5 Å². The van der Waals surface area contributed by atoms with E-state index in [-0.39, 0.29) is 10.8 Å². The standard InChI is InChI=1S/C10H18BrNO2S/c1-10(4-3-5-15-10)7-12-6-8(11)9(13)14-2/h8,12H,3-7H2,1-2H3. The van der Waals surface area contributed by atoms with Gasteiger partial charge in [0.15, 0.2) is 0 Å². The van der Waals surface area contributed by atoms with Crippen molar-refractivity contribution in [1.29, 1.82) is 0 Å². The number of hydrogen-bond donors (Lipinski definition) is 1. The predicted octanol–water partition coefficient (Wildman–Crippen LogP) is 1.80. The van der Waals surface area contributed by atoms with Crippen molar-refractivity contribution >= 4 is 33.7 Å². The molecule has 1 fully saturated rings. The number of methoxy groups -OCH3 is 1. The second kappa shape index (κ2) is 6.11. The van der Waals surface area contributed by atoms with Crippen LogP contribution in [0.2, 0.25) is 0 Å². The van der Waals surface area contributed by atoms with Crippen LogP contribution in [0.5, 0.6) is 0 Å². The van der Waals surface area contributed by atoms with E-state index < -0.39 is 0 Å². The Morgan fingerprint density at radius 1 is 1.73 bits per heavy atom. The number of thioether (sulfide) groups is 1. The molecular weight excluding hydrogens is 278 g/mol. The molecule has 0 saturated carbocycles. The van der Waals surface area contributed by atoms with Crippen molar-refractivity contribution < 1.29 is 9.53 Å². The number of rotatable bonds is 5. The molecule has 0 amide bonds. The zero-order valence-corrected chi connectivity index (χ0v) is 11.6. The Kier molecular flexibility index (Phi) is 5.43. The molecular formula is C10H18BrNO2S. The monoisotopic (exact) mass is 295 g/mol. The molecule has 1 aliphatic heterocycles. The molecule has 0 aromatic heterocycles. The van der Waals surface area contributed by atoms with Gasteiger partial charge < -0.3 is 10.1 Å². The molecule has 0 aromatic rings. The van der Waals surface area contributed by atoms with Gasteiger partial charge in [0.2, 0.25) is 0 Å². The molecule has 3 nitrogen and oxygen atoms in total. The van der Waals surface area contributed by atoms with E-state index in [2.05, 4.69) is 32.9 Å². The first kappa shape index (κ1) is 13.3. The van der Waals surface area contributed by atoms with Gasteiger partial charge in [-0.2, -0.15) is 11.8 Å². The van der Waals surface area contributed by atoms with Crippen LogP contribution in [0.1, 0.15) is 19.8 Å². The lowest BCUT2D eigenvalue weighted by atomic mass is 10.1. The van der Waals surface area contributed by atoms with Crippen LogP contribution in [-0.2, 0) is 9.53 Å². The second-order valence-electron chi connectivity index (χ2n) is 4.02. The first-order valence-corrected chi connectivity index (χ1v) is 7.04. The summed E-state index contributed by atoms with van der Waals surface area (Å²) in [6.45, 7) is 3.86. The van der Waals surface area contributed by atoms with Gasteiger partial charge in [0, 0.05) is 17.8 Å². The highest BCUT2D eigenvalue weighted by Gasteiger charge is 2.29. The molecule has 0 radical (unpaired) electrons. The van der Waals surface area contributed by atoms with E-state index in [1.165, 1.54) is 25.7 Å². The number of halogens is 1. The van der Waals surface area contributed by atoms with Crippen molar-refractivity contribution in [3.05, 3.63) is 0 Å². The van der Waals surface area contributed by atoms with Crippen LogP contribution >= 0.6 is 27.7 Å². The summed E-state index contributed by atoms with van der Waals surface area (Å²) in [7, 11) is 1.41. The largest absolute Gasteiger partial charge is 0.468 e. The minimum Gasteiger partial charge on any atom is -0.468 e. The Morgan fingerprint density at radius 3 is 3.00 bits per heavy atom. The Morgan fingerprint density at radius 2 is 2.47 bits per heavy atom. The minimum atomic E-state index is -0.238. The fourth-order valence-electron chi connectivity index (χ4n) is 1.65. The lowest BCUT2D eigenvalue weighted by molar-refractivity contribution is -0.139. The van der Waals surface area contributed by atoms with E-state index in [1.807, 2.05) is 11.8 Å². The minimum absolute atomic E-state index is 0.216. The van der Waals surface area contributed by atoms with Crippen LogP contribution in [0.3, 0.4) is 0 Å². The van der Waals surface area contributed by atoms with Crippen molar-refractivity contribution in [1.82, 2.24) is 5.32 Å². The molecule has 1 rings (SSSR count). The Balaban J connectivity index is 2.18. The topological polar surface area (TPSA) is 38.3 Å². The Labute approximate surface area is 104 Å². The highest BCUT2D eigenvalue weighted by atomic mass is 79.9. The van der Waals surface area contributed by atoms with Gasteiger partial charge in [-0.15, -0.1) is 0 Å². The SMILES string of the molecule is COC(=O)C(Br)CNCC1(C)CCCS1. The molecule has 2 unspecified atom stereocenters. The van der Waals surface area contributed by atoms with E-state index in [4.69, 9.17) is 0 Å². The van der Waals surface area contributed by atoms with Gasteiger partial charge in [-0.25, -0.2) is 0 Å². The van der Waals surface area contributed by atoms with E-state index in [0.717, 1.165) is 6.54 Å². The molecule has 2 atom stereocenters. The maximum atomic E-state index is 11.1. The molecule has 15 heavy (non-hydrogen) atoms. The van der Waals surface area contributed by atoms with E-state index in [0.29, 0.717) is 11.3 Å². The molecule has 0 aromatic carbocycles. The third-order valence-electron chi connectivity index (χ3n) is 2.58. The maximum Gasteiger partial charge on any atom is 0.320 e. The normalized spacial score (nSPS) is 27.7. The number of ether oxygens (including phenoxy) is 1. The number of nitrogens with one attached hydrogen (secondary N) is 1. The molecule has 1 saturated heterocycles. The highest BCUT2D eigenvalue weighted by molar-refractivity contribution is 9.10. The van der Waals surface area contributed by atoms with E-state index in [9.17, 15) is 4.79 Å². The van der Waals surface area contributed by atoms with Crippen LogP contribution in [0, 0.1) is 0 Å². The summed E-state index contributed by atoms with van der Waals surface area (Å²) >= 11 is 5.30. The summed E-state index contributed by atoms with van der Waals surface area (Å²) in [4.78, 5) is 10.9. The molecule has 1 heterocycles. The maximum absolute atomic E-state index is 11.1. The number of esters is 1. The predicted molar refractivity (Wildman–Crippen MR) is 67.7 cm³/mol. The first-order valence-electron chi connectivity index (χ1n) is 5.14. The van der Waals surface area contributed by atoms with Gasteiger partial charge in [0.25, 0.3) is 0 Å². The summed E-state index contributed by atoms with van der Waals surface area (Å²) < 4.78 is 4.98. The quantitative estimate of drug-likeness (QED) is 0.620. The van der Waals surface area contributed by atoms with E-state index >= 15 is 0 Å². The summed E-state index contributed by atoms with van der Waals surface area (Å²) in [5.74, 6) is 1.04.